The van der Waals surface area contributed by atoms with Crippen molar-refractivity contribution < 1.29 is 4.79 Å². The number of hydrogen-bond acceptors (Lipinski definition) is 6. The molecule has 3 N–H and O–H groups in total. The number of nitrogens with zero attached hydrogens (tertiary/aromatic N) is 3. The standard InChI is InChI=1S/C21H25N5OS2/c22-20-24-25-21(29-20)28-12-17(27)26-11-10-15-14-8-4-5-9-16(14)23-18(15)19(26)13-6-2-1-3-7-13/h4-5,8-9,13,19,23H,1-3,6-7,10-12H2,(H2,22,24)/t19-/m1/s1. The lowest BCUT2D eigenvalue weighted by Crippen LogP contribution is -2.44. The van der Waals surface area contributed by atoms with Crippen molar-refractivity contribution in [3.05, 3.63) is 35.5 Å². The average molecular weight is 428 g/mol. The van der Waals surface area contributed by atoms with Crippen molar-refractivity contribution >= 4 is 45.0 Å². The number of aromatic nitrogens is 3. The number of nitrogens with two attached hydrogens (primary N) is 1. The van der Waals surface area contributed by atoms with Crippen molar-refractivity contribution in [2.75, 3.05) is 18.0 Å². The van der Waals surface area contributed by atoms with E-state index in [4.69, 9.17) is 5.73 Å². The summed E-state index contributed by atoms with van der Waals surface area (Å²) in [6.07, 6.45) is 7.14. The molecule has 3 heterocycles. The zero-order valence-corrected chi connectivity index (χ0v) is 17.9. The summed E-state index contributed by atoms with van der Waals surface area (Å²) in [6, 6.07) is 8.68. The maximum atomic E-state index is 13.3. The van der Waals surface area contributed by atoms with Crippen molar-refractivity contribution in [1.82, 2.24) is 20.1 Å². The van der Waals surface area contributed by atoms with Gasteiger partial charge in [0, 0.05) is 23.1 Å². The molecule has 1 aliphatic carbocycles. The zero-order chi connectivity index (χ0) is 19.8. The minimum atomic E-state index is 0.152. The first-order chi connectivity index (χ1) is 14.2. The molecular formula is C21H25N5OS2. The number of H-pyrrole nitrogens is 1. The van der Waals surface area contributed by atoms with E-state index < -0.39 is 0 Å². The van der Waals surface area contributed by atoms with E-state index in [2.05, 4.69) is 44.3 Å². The van der Waals surface area contributed by atoms with E-state index in [9.17, 15) is 4.79 Å². The lowest BCUT2D eigenvalue weighted by atomic mass is 9.79. The smallest absolute Gasteiger partial charge is 0.233 e. The first-order valence-electron chi connectivity index (χ1n) is 10.3. The van der Waals surface area contributed by atoms with Gasteiger partial charge in [0.1, 0.15) is 0 Å². The number of amides is 1. The Hall–Kier alpha value is -2.06. The van der Waals surface area contributed by atoms with E-state index in [1.807, 2.05) is 0 Å². The Morgan fingerprint density at radius 3 is 2.86 bits per heavy atom. The van der Waals surface area contributed by atoms with Crippen molar-refractivity contribution in [2.45, 2.75) is 48.9 Å². The van der Waals surface area contributed by atoms with Crippen LogP contribution in [0.1, 0.15) is 49.4 Å². The second kappa shape index (κ2) is 7.99. The SMILES string of the molecule is Nc1nnc(SCC(=O)N2CCc3c([nH]c4ccccc34)[C@H]2C2CCCCC2)s1. The van der Waals surface area contributed by atoms with Gasteiger partial charge < -0.3 is 15.6 Å². The second-order valence-electron chi connectivity index (χ2n) is 7.94. The summed E-state index contributed by atoms with van der Waals surface area (Å²) in [5.41, 5.74) is 9.53. The van der Waals surface area contributed by atoms with Gasteiger partial charge >= 0.3 is 0 Å². The largest absolute Gasteiger partial charge is 0.374 e. The Labute approximate surface area is 178 Å². The fourth-order valence-electron chi connectivity index (χ4n) is 4.97. The Morgan fingerprint density at radius 1 is 1.24 bits per heavy atom. The molecule has 1 fully saturated rings. The zero-order valence-electron chi connectivity index (χ0n) is 16.3. The van der Waals surface area contributed by atoms with Gasteiger partial charge in [0.2, 0.25) is 11.0 Å². The Kier molecular flexibility index (Phi) is 5.22. The minimum absolute atomic E-state index is 0.152. The Morgan fingerprint density at radius 2 is 2.07 bits per heavy atom. The highest BCUT2D eigenvalue weighted by atomic mass is 32.2. The van der Waals surface area contributed by atoms with Crippen LogP contribution >= 0.6 is 23.1 Å². The van der Waals surface area contributed by atoms with Gasteiger partial charge in [0.25, 0.3) is 0 Å². The molecule has 29 heavy (non-hydrogen) atoms. The normalized spacial score (nSPS) is 20.1. The number of aromatic amines is 1. The number of benzene rings is 1. The van der Waals surface area contributed by atoms with Crippen LogP contribution in [0.4, 0.5) is 5.13 Å². The monoisotopic (exact) mass is 427 g/mol. The molecule has 3 aromatic rings. The molecule has 1 aliphatic heterocycles. The molecule has 0 saturated heterocycles. The molecule has 0 spiro atoms. The van der Waals surface area contributed by atoms with E-state index >= 15 is 0 Å². The molecule has 6 nitrogen and oxygen atoms in total. The van der Waals surface area contributed by atoms with E-state index in [-0.39, 0.29) is 11.9 Å². The third-order valence-corrected chi connectivity index (χ3v) is 8.11. The van der Waals surface area contributed by atoms with E-state index in [0.29, 0.717) is 16.8 Å². The first kappa shape index (κ1) is 18.9. The number of anilines is 1. The number of thioether (sulfide) groups is 1. The topological polar surface area (TPSA) is 87.9 Å². The number of nitrogens with one attached hydrogen (secondary N) is 1. The Balaban J connectivity index is 1.44. The molecule has 2 aliphatic rings. The van der Waals surface area contributed by atoms with Crippen LogP contribution in [-0.4, -0.2) is 38.3 Å². The Bertz CT molecular complexity index is 1020. The fraction of sp³-hybridized carbons (Fsp3) is 0.476. The van der Waals surface area contributed by atoms with Gasteiger partial charge in [0.05, 0.1) is 11.8 Å². The highest BCUT2D eigenvalue weighted by Gasteiger charge is 2.38. The molecule has 0 radical (unpaired) electrons. The van der Waals surface area contributed by atoms with Gasteiger partial charge in [-0.1, -0.05) is 60.6 Å². The number of carbonyl (C=O) groups is 1. The summed E-state index contributed by atoms with van der Waals surface area (Å²) in [6.45, 7) is 0.785. The van der Waals surface area contributed by atoms with Gasteiger partial charge in [-0.15, -0.1) is 10.2 Å². The van der Waals surface area contributed by atoms with Crippen molar-refractivity contribution in [2.24, 2.45) is 5.92 Å². The molecule has 152 valence electrons. The number of nitrogen functional groups attached to an aromatic ring is 1. The van der Waals surface area contributed by atoms with Gasteiger partial charge in [-0.05, 0) is 36.8 Å². The van der Waals surface area contributed by atoms with Crippen LogP contribution in [-0.2, 0) is 11.2 Å². The molecule has 1 atom stereocenters. The molecular weight excluding hydrogens is 402 g/mol. The number of rotatable bonds is 4. The molecule has 0 unspecified atom stereocenters. The quantitative estimate of drug-likeness (QED) is 0.603. The van der Waals surface area contributed by atoms with E-state index in [0.717, 1.165) is 17.3 Å². The van der Waals surface area contributed by atoms with Crippen LogP contribution in [0.3, 0.4) is 0 Å². The molecule has 8 heteroatoms. The minimum Gasteiger partial charge on any atom is -0.374 e. The maximum Gasteiger partial charge on any atom is 0.233 e. The van der Waals surface area contributed by atoms with Gasteiger partial charge in [0.15, 0.2) is 4.34 Å². The molecule has 5 rings (SSSR count). The predicted octanol–water partition coefficient (Wildman–Crippen LogP) is 4.40. The molecule has 1 aromatic carbocycles. The van der Waals surface area contributed by atoms with Gasteiger partial charge in [-0.2, -0.15) is 0 Å². The average Bonchev–Trinajstić information content (AvgIpc) is 3.35. The third kappa shape index (κ3) is 3.64. The summed E-state index contributed by atoms with van der Waals surface area (Å²) in [7, 11) is 0. The van der Waals surface area contributed by atoms with E-state index in [1.165, 1.54) is 77.4 Å². The second-order valence-corrected chi connectivity index (χ2v) is 10.2. The summed E-state index contributed by atoms with van der Waals surface area (Å²) >= 11 is 2.78. The fourth-order valence-corrected chi connectivity index (χ4v) is 6.50. The third-order valence-electron chi connectivity index (χ3n) is 6.24. The van der Waals surface area contributed by atoms with Crippen LogP contribution in [0.5, 0.6) is 0 Å². The maximum absolute atomic E-state index is 13.3. The molecule has 0 bridgehead atoms. The first-order valence-corrected chi connectivity index (χ1v) is 12.1. The van der Waals surface area contributed by atoms with Gasteiger partial charge in [-0.25, -0.2) is 0 Å². The number of hydrogen-bond donors (Lipinski definition) is 2. The van der Waals surface area contributed by atoms with Crippen LogP contribution in [0.15, 0.2) is 28.6 Å². The van der Waals surface area contributed by atoms with Crippen LogP contribution < -0.4 is 5.73 Å². The lowest BCUT2D eigenvalue weighted by Gasteiger charge is -2.41. The summed E-state index contributed by atoms with van der Waals surface area (Å²) in [4.78, 5) is 19.1. The predicted molar refractivity (Wildman–Crippen MR) is 118 cm³/mol. The highest BCUT2D eigenvalue weighted by Crippen LogP contribution is 2.44. The number of carbonyl (C=O) groups excluding carboxylic acids is 1. The summed E-state index contributed by atoms with van der Waals surface area (Å²) < 4.78 is 0.758. The van der Waals surface area contributed by atoms with Crippen molar-refractivity contribution in [3.63, 3.8) is 0 Å². The summed E-state index contributed by atoms with van der Waals surface area (Å²) in [5, 5.41) is 9.64. The summed E-state index contributed by atoms with van der Waals surface area (Å²) in [5.74, 6) is 1.10. The van der Waals surface area contributed by atoms with Gasteiger partial charge in [-0.3, -0.25) is 4.79 Å². The van der Waals surface area contributed by atoms with Crippen molar-refractivity contribution in [1.29, 1.82) is 0 Å². The van der Waals surface area contributed by atoms with Crippen molar-refractivity contribution in [3.8, 4) is 0 Å². The van der Waals surface area contributed by atoms with Crippen LogP contribution in [0.2, 0.25) is 0 Å². The molecule has 1 amide bonds. The van der Waals surface area contributed by atoms with Crippen LogP contribution in [0.25, 0.3) is 10.9 Å². The highest BCUT2D eigenvalue weighted by molar-refractivity contribution is 8.01. The van der Waals surface area contributed by atoms with Crippen LogP contribution in [0, 0.1) is 5.92 Å². The number of fused-ring (bicyclic) bond motifs is 3. The molecule has 1 saturated carbocycles. The van der Waals surface area contributed by atoms with E-state index in [1.54, 1.807) is 0 Å². The number of para-hydroxylation sites is 1. The lowest BCUT2D eigenvalue weighted by molar-refractivity contribution is -0.133. The molecule has 2 aromatic heterocycles.